The summed E-state index contributed by atoms with van der Waals surface area (Å²) in [4.78, 5) is 16.9. The van der Waals surface area contributed by atoms with Gasteiger partial charge < -0.3 is 19.4 Å². The van der Waals surface area contributed by atoms with Gasteiger partial charge in [-0.15, -0.1) is 10.2 Å². The molecule has 1 aliphatic carbocycles. The molecule has 0 radical (unpaired) electrons. The van der Waals surface area contributed by atoms with E-state index in [4.69, 9.17) is 0 Å². The number of carbonyl (C=O) groups is 1. The Bertz CT molecular complexity index is 946. The Balaban J connectivity index is 1.44. The number of aliphatic hydroxyl groups is 1. The first kappa shape index (κ1) is 16.7. The first-order valence-electron chi connectivity index (χ1n) is 8.76. The van der Waals surface area contributed by atoms with Crippen molar-refractivity contribution < 1.29 is 9.90 Å². The lowest BCUT2D eigenvalue weighted by molar-refractivity contribution is 0.0917. The molecule has 0 saturated heterocycles. The standard InChI is InChI=1S/C18H22N6O2/c1-11-5-14(17-19-3-4-24(17)9-11)18(26)20-8-13-6-12(7-15(13)25)16-22-21-10-23(16)2/h3-5,9-10,12-13,15,25H,6-8H2,1-2H3,(H,20,26)/t12-,13+,15+/m0/s1. The van der Waals surface area contributed by atoms with Crippen molar-refractivity contribution >= 4 is 11.6 Å². The predicted molar refractivity (Wildman–Crippen MR) is 94.7 cm³/mol. The van der Waals surface area contributed by atoms with Crippen molar-refractivity contribution in [3.8, 4) is 0 Å². The average molecular weight is 354 g/mol. The maximum Gasteiger partial charge on any atom is 0.255 e. The maximum absolute atomic E-state index is 12.7. The van der Waals surface area contributed by atoms with Crippen LogP contribution in [0.25, 0.3) is 5.65 Å². The second-order valence-electron chi connectivity index (χ2n) is 7.10. The predicted octanol–water partition coefficient (Wildman–Crippen LogP) is 1.06. The fourth-order valence-corrected chi connectivity index (χ4v) is 3.86. The number of rotatable bonds is 4. The highest BCUT2D eigenvalue weighted by atomic mass is 16.3. The van der Waals surface area contributed by atoms with E-state index in [0.717, 1.165) is 17.8 Å². The van der Waals surface area contributed by atoms with E-state index >= 15 is 0 Å². The molecule has 2 N–H and O–H groups in total. The van der Waals surface area contributed by atoms with E-state index in [1.165, 1.54) is 0 Å². The third kappa shape index (κ3) is 2.96. The van der Waals surface area contributed by atoms with E-state index < -0.39 is 6.10 Å². The number of pyridine rings is 1. The minimum absolute atomic E-state index is 0.00113. The smallest absolute Gasteiger partial charge is 0.255 e. The summed E-state index contributed by atoms with van der Waals surface area (Å²) in [5, 5.41) is 21.4. The molecule has 8 heteroatoms. The first-order valence-corrected chi connectivity index (χ1v) is 8.76. The zero-order chi connectivity index (χ0) is 18.3. The Labute approximate surface area is 150 Å². The van der Waals surface area contributed by atoms with Crippen LogP contribution in [0.5, 0.6) is 0 Å². The third-order valence-corrected chi connectivity index (χ3v) is 5.16. The fraction of sp³-hybridized carbons (Fsp3) is 0.444. The molecule has 4 rings (SSSR count). The number of fused-ring (bicyclic) bond motifs is 1. The molecule has 1 aliphatic rings. The van der Waals surface area contributed by atoms with Crippen molar-refractivity contribution in [1.29, 1.82) is 0 Å². The van der Waals surface area contributed by atoms with Crippen LogP contribution in [0, 0.1) is 12.8 Å². The van der Waals surface area contributed by atoms with Crippen molar-refractivity contribution in [2.75, 3.05) is 6.54 Å². The Hall–Kier alpha value is -2.74. The molecule has 0 aromatic carbocycles. The van der Waals surface area contributed by atoms with Gasteiger partial charge in [0.1, 0.15) is 17.8 Å². The molecular weight excluding hydrogens is 332 g/mol. The molecule has 0 spiro atoms. The largest absolute Gasteiger partial charge is 0.393 e. The molecule has 1 saturated carbocycles. The zero-order valence-corrected chi connectivity index (χ0v) is 14.8. The van der Waals surface area contributed by atoms with Crippen LogP contribution in [0.2, 0.25) is 0 Å². The van der Waals surface area contributed by atoms with Gasteiger partial charge in [-0.05, 0) is 31.4 Å². The van der Waals surface area contributed by atoms with Crippen molar-refractivity contribution in [3.63, 3.8) is 0 Å². The third-order valence-electron chi connectivity index (χ3n) is 5.16. The average Bonchev–Trinajstić information content (AvgIpc) is 3.31. The highest BCUT2D eigenvalue weighted by molar-refractivity contribution is 6.00. The second-order valence-corrected chi connectivity index (χ2v) is 7.10. The maximum atomic E-state index is 12.7. The van der Waals surface area contributed by atoms with Gasteiger partial charge in [0, 0.05) is 44.0 Å². The molecule has 0 unspecified atom stereocenters. The monoisotopic (exact) mass is 354 g/mol. The summed E-state index contributed by atoms with van der Waals surface area (Å²) in [7, 11) is 1.91. The summed E-state index contributed by atoms with van der Waals surface area (Å²) in [6.45, 7) is 2.37. The second kappa shape index (κ2) is 6.53. The highest BCUT2D eigenvalue weighted by Crippen LogP contribution is 2.37. The Morgan fingerprint density at radius 3 is 3.04 bits per heavy atom. The van der Waals surface area contributed by atoms with Crippen LogP contribution in [0.15, 0.2) is 31.0 Å². The van der Waals surface area contributed by atoms with Crippen molar-refractivity contribution in [2.45, 2.75) is 31.8 Å². The van der Waals surface area contributed by atoms with Crippen LogP contribution in [0.3, 0.4) is 0 Å². The number of imidazole rings is 1. The lowest BCUT2D eigenvalue weighted by Crippen LogP contribution is -2.32. The van der Waals surface area contributed by atoms with Gasteiger partial charge in [-0.25, -0.2) is 4.98 Å². The summed E-state index contributed by atoms with van der Waals surface area (Å²) in [5.74, 6) is 0.883. The number of nitrogens with one attached hydrogen (secondary N) is 1. The van der Waals surface area contributed by atoms with Gasteiger partial charge in [0.25, 0.3) is 5.91 Å². The van der Waals surface area contributed by atoms with Gasteiger partial charge in [-0.1, -0.05) is 0 Å². The van der Waals surface area contributed by atoms with E-state index in [1.807, 2.05) is 41.4 Å². The molecule has 3 heterocycles. The Morgan fingerprint density at radius 2 is 2.27 bits per heavy atom. The van der Waals surface area contributed by atoms with Gasteiger partial charge in [-0.2, -0.15) is 0 Å². The van der Waals surface area contributed by atoms with E-state index in [-0.39, 0.29) is 17.7 Å². The lowest BCUT2D eigenvalue weighted by atomic mass is 10.0. The Morgan fingerprint density at radius 1 is 1.42 bits per heavy atom. The van der Waals surface area contributed by atoms with E-state index in [1.54, 1.807) is 12.5 Å². The number of aliphatic hydroxyl groups excluding tert-OH is 1. The number of aryl methyl sites for hydroxylation is 2. The summed E-state index contributed by atoms with van der Waals surface area (Å²) in [5.41, 5.74) is 2.17. The number of aromatic nitrogens is 5. The summed E-state index contributed by atoms with van der Waals surface area (Å²) in [6.07, 6.45) is 8.07. The number of hydrogen-bond donors (Lipinski definition) is 2. The highest BCUT2D eigenvalue weighted by Gasteiger charge is 2.36. The minimum atomic E-state index is -0.457. The van der Waals surface area contributed by atoms with Crippen LogP contribution >= 0.6 is 0 Å². The molecule has 3 aromatic rings. The summed E-state index contributed by atoms with van der Waals surface area (Å²) < 4.78 is 3.74. The van der Waals surface area contributed by atoms with Gasteiger partial charge in [0.05, 0.1) is 11.7 Å². The molecule has 1 amide bonds. The minimum Gasteiger partial charge on any atom is -0.393 e. The topological polar surface area (TPSA) is 97.3 Å². The fourth-order valence-electron chi connectivity index (χ4n) is 3.86. The van der Waals surface area contributed by atoms with Crippen molar-refractivity contribution in [2.24, 2.45) is 13.0 Å². The number of carbonyl (C=O) groups excluding carboxylic acids is 1. The first-order chi connectivity index (χ1) is 12.5. The summed E-state index contributed by atoms with van der Waals surface area (Å²) in [6, 6.07) is 1.84. The van der Waals surface area contributed by atoms with Crippen LogP contribution in [0.4, 0.5) is 0 Å². The molecule has 0 aliphatic heterocycles. The van der Waals surface area contributed by atoms with Crippen molar-refractivity contribution in [1.82, 2.24) is 29.5 Å². The van der Waals surface area contributed by atoms with Gasteiger partial charge in [0.15, 0.2) is 0 Å². The molecule has 0 bridgehead atoms. The summed E-state index contributed by atoms with van der Waals surface area (Å²) >= 11 is 0. The van der Waals surface area contributed by atoms with E-state index in [9.17, 15) is 9.90 Å². The number of amides is 1. The molecule has 136 valence electrons. The van der Waals surface area contributed by atoms with Crippen LogP contribution in [-0.2, 0) is 7.05 Å². The number of hydrogen-bond acceptors (Lipinski definition) is 5. The van der Waals surface area contributed by atoms with E-state index in [2.05, 4.69) is 20.5 Å². The van der Waals surface area contributed by atoms with Crippen LogP contribution in [0.1, 0.15) is 40.5 Å². The van der Waals surface area contributed by atoms with Gasteiger partial charge >= 0.3 is 0 Å². The lowest BCUT2D eigenvalue weighted by Gasteiger charge is -2.15. The van der Waals surface area contributed by atoms with Crippen molar-refractivity contribution in [3.05, 3.63) is 47.9 Å². The number of nitrogens with zero attached hydrogens (tertiary/aromatic N) is 5. The van der Waals surface area contributed by atoms with Crippen LogP contribution in [-0.4, -0.2) is 47.8 Å². The molecular formula is C18H22N6O2. The molecule has 8 nitrogen and oxygen atoms in total. The van der Waals surface area contributed by atoms with Gasteiger partial charge in [0.2, 0.25) is 0 Å². The Kier molecular flexibility index (Phi) is 4.20. The van der Waals surface area contributed by atoms with Gasteiger partial charge in [-0.3, -0.25) is 4.79 Å². The molecule has 3 aromatic heterocycles. The molecule has 3 atom stereocenters. The normalized spacial score (nSPS) is 22.8. The van der Waals surface area contributed by atoms with Crippen LogP contribution < -0.4 is 5.32 Å². The molecule has 26 heavy (non-hydrogen) atoms. The van der Waals surface area contributed by atoms with E-state index in [0.29, 0.717) is 24.2 Å². The zero-order valence-electron chi connectivity index (χ0n) is 14.8. The SMILES string of the molecule is Cc1cc(C(=O)NC[C@H]2C[C@H](c3nncn3C)C[C@H]2O)c2nccn2c1. The molecule has 1 fully saturated rings. The quantitative estimate of drug-likeness (QED) is 0.730.